The van der Waals surface area contributed by atoms with E-state index in [0.29, 0.717) is 37.2 Å². The average molecular weight is 441 g/mol. The summed E-state index contributed by atoms with van der Waals surface area (Å²) < 4.78 is 11.8. The van der Waals surface area contributed by atoms with Crippen LogP contribution in [0.5, 0.6) is 11.5 Å². The molecule has 0 spiro atoms. The van der Waals surface area contributed by atoms with Crippen LogP contribution in [0.2, 0.25) is 10.0 Å². The number of carbonyl (C=O) groups is 1. The van der Waals surface area contributed by atoms with Gasteiger partial charge in [0.15, 0.2) is 15.8 Å². The van der Waals surface area contributed by atoms with Crippen molar-refractivity contribution in [2.45, 2.75) is 6.61 Å². The van der Waals surface area contributed by atoms with Crippen molar-refractivity contribution in [3.63, 3.8) is 0 Å². The molecule has 0 saturated carbocycles. The Morgan fingerprint density at radius 2 is 2.15 bits per heavy atom. The molecule has 140 valence electrons. The SMILES string of the molecule is COc1cccc(/C=N/N2C(=O)CSC2=S)c1OCc1ccc(Cl)cc1Cl. The maximum atomic E-state index is 11.8. The Bertz CT molecular complexity index is 905. The molecule has 1 amide bonds. The molecule has 0 radical (unpaired) electrons. The number of thioether (sulfide) groups is 1. The molecule has 0 N–H and O–H groups in total. The van der Waals surface area contributed by atoms with Gasteiger partial charge < -0.3 is 9.47 Å². The predicted octanol–water partition coefficient (Wildman–Crippen LogP) is 4.78. The van der Waals surface area contributed by atoms with Gasteiger partial charge in [0, 0.05) is 21.2 Å². The van der Waals surface area contributed by atoms with Crippen molar-refractivity contribution < 1.29 is 14.3 Å². The van der Waals surface area contributed by atoms with Crippen LogP contribution >= 0.6 is 47.2 Å². The first-order valence-corrected chi connectivity index (χ1v) is 9.92. The first-order chi connectivity index (χ1) is 13.0. The van der Waals surface area contributed by atoms with E-state index in [4.69, 9.17) is 44.9 Å². The monoisotopic (exact) mass is 440 g/mol. The van der Waals surface area contributed by atoms with Gasteiger partial charge in [-0.25, -0.2) is 0 Å². The van der Waals surface area contributed by atoms with Crippen molar-refractivity contribution in [2.75, 3.05) is 12.9 Å². The Hall–Kier alpha value is -1.80. The minimum atomic E-state index is -0.153. The molecular formula is C18H14Cl2N2O3S2. The Morgan fingerprint density at radius 1 is 1.33 bits per heavy atom. The lowest BCUT2D eigenvalue weighted by atomic mass is 10.2. The van der Waals surface area contributed by atoms with Crippen LogP contribution in [0.25, 0.3) is 0 Å². The zero-order chi connectivity index (χ0) is 19.4. The first-order valence-electron chi connectivity index (χ1n) is 7.77. The number of hydrogen-bond donors (Lipinski definition) is 0. The molecule has 2 aromatic rings. The summed E-state index contributed by atoms with van der Waals surface area (Å²) in [5.74, 6) is 1.17. The Labute approximate surface area is 176 Å². The van der Waals surface area contributed by atoms with Crippen molar-refractivity contribution in [3.8, 4) is 11.5 Å². The second kappa shape index (κ2) is 8.93. The first kappa shape index (κ1) is 19.9. The minimum absolute atomic E-state index is 0.153. The fourth-order valence-electron chi connectivity index (χ4n) is 2.32. The Balaban J connectivity index is 1.85. The molecule has 27 heavy (non-hydrogen) atoms. The van der Waals surface area contributed by atoms with Gasteiger partial charge in [-0.15, -0.1) is 0 Å². The van der Waals surface area contributed by atoms with Crippen molar-refractivity contribution in [1.82, 2.24) is 5.01 Å². The summed E-state index contributed by atoms with van der Waals surface area (Å²) in [5.41, 5.74) is 1.43. The van der Waals surface area contributed by atoms with E-state index >= 15 is 0 Å². The van der Waals surface area contributed by atoms with Crippen molar-refractivity contribution >= 4 is 63.6 Å². The van der Waals surface area contributed by atoms with Crippen molar-refractivity contribution in [3.05, 3.63) is 57.6 Å². The summed E-state index contributed by atoms with van der Waals surface area (Å²) in [6.45, 7) is 0.216. The largest absolute Gasteiger partial charge is 0.493 e. The minimum Gasteiger partial charge on any atom is -0.493 e. The third-order valence-electron chi connectivity index (χ3n) is 3.66. The van der Waals surface area contributed by atoms with Crippen LogP contribution < -0.4 is 9.47 Å². The van der Waals surface area contributed by atoms with Gasteiger partial charge in [0.05, 0.1) is 19.1 Å². The second-order valence-corrected chi connectivity index (χ2v) is 7.86. The van der Waals surface area contributed by atoms with Crippen LogP contribution in [-0.2, 0) is 11.4 Å². The topological polar surface area (TPSA) is 51.1 Å². The van der Waals surface area contributed by atoms with Gasteiger partial charge in [0.1, 0.15) is 6.61 Å². The highest BCUT2D eigenvalue weighted by Crippen LogP contribution is 2.32. The van der Waals surface area contributed by atoms with E-state index in [1.54, 1.807) is 37.4 Å². The van der Waals surface area contributed by atoms with E-state index < -0.39 is 0 Å². The normalized spacial score (nSPS) is 14.3. The lowest BCUT2D eigenvalue weighted by Crippen LogP contribution is -2.22. The zero-order valence-corrected chi connectivity index (χ0v) is 17.3. The van der Waals surface area contributed by atoms with Gasteiger partial charge in [0.2, 0.25) is 0 Å². The molecule has 0 bridgehead atoms. The molecule has 9 heteroatoms. The second-order valence-electron chi connectivity index (χ2n) is 5.41. The summed E-state index contributed by atoms with van der Waals surface area (Å²) in [4.78, 5) is 11.8. The Morgan fingerprint density at radius 3 is 2.81 bits per heavy atom. The maximum absolute atomic E-state index is 11.8. The number of thiocarbonyl (C=S) groups is 1. The summed E-state index contributed by atoms with van der Waals surface area (Å²) in [7, 11) is 1.55. The lowest BCUT2D eigenvalue weighted by molar-refractivity contribution is -0.123. The maximum Gasteiger partial charge on any atom is 0.259 e. The standard InChI is InChI=1S/C18H14Cl2N2O3S2/c1-24-15-4-2-3-11(8-21-22-16(23)10-27-18(22)26)17(15)25-9-12-5-6-13(19)7-14(12)20/h2-8H,9-10H2,1H3/b21-8+. The van der Waals surface area contributed by atoms with E-state index in [2.05, 4.69) is 5.10 Å². The molecule has 0 unspecified atom stereocenters. The highest BCUT2D eigenvalue weighted by molar-refractivity contribution is 8.23. The number of carbonyl (C=O) groups excluding carboxylic acids is 1. The number of rotatable bonds is 6. The number of amides is 1. The predicted molar refractivity (Wildman–Crippen MR) is 113 cm³/mol. The summed E-state index contributed by atoms with van der Waals surface area (Å²) in [5, 5.41) is 6.47. The zero-order valence-electron chi connectivity index (χ0n) is 14.1. The molecule has 3 rings (SSSR count). The molecule has 1 aliphatic rings. The number of hydrogen-bond acceptors (Lipinski definition) is 6. The highest BCUT2D eigenvalue weighted by atomic mass is 35.5. The van der Waals surface area contributed by atoms with Gasteiger partial charge in [-0.05, 0) is 24.3 Å². The molecule has 1 saturated heterocycles. The van der Waals surface area contributed by atoms with E-state index in [1.165, 1.54) is 23.0 Å². The summed E-state index contributed by atoms with van der Waals surface area (Å²) >= 11 is 18.5. The number of ether oxygens (including phenoxy) is 2. The molecule has 1 aliphatic heterocycles. The molecule has 2 aromatic carbocycles. The quantitative estimate of drug-likeness (QED) is 0.477. The molecular weight excluding hydrogens is 427 g/mol. The highest BCUT2D eigenvalue weighted by Gasteiger charge is 2.26. The number of para-hydroxylation sites is 1. The number of benzene rings is 2. The van der Waals surface area contributed by atoms with E-state index in [9.17, 15) is 4.79 Å². The lowest BCUT2D eigenvalue weighted by Gasteiger charge is -2.14. The number of halogens is 2. The van der Waals surface area contributed by atoms with E-state index in [0.717, 1.165) is 5.56 Å². The van der Waals surface area contributed by atoms with Crippen LogP contribution in [0.3, 0.4) is 0 Å². The summed E-state index contributed by atoms with van der Waals surface area (Å²) in [6.07, 6.45) is 1.53. The molecule has 5 nitrogen and oxygen atoms in total. The fraction of sp³-hybridized carbons (Fsp3) is 0.167. The fourth-order valence-corrected chi connectivity index (χ4v) is 3.75. The average Bonchev–Trinajstić information content (AvgIpc) is 2.97. The molecule has 0 aliphatic carbocycles. The summed E-state index contributed by atoms with van der Waals surface area (Å²) in [6, 6.07) is 10.6. The smallest absolute Gasteiger partial charge is 0.259 e. The number of nitrogens with zero attached hydrogens (tertiary/aromatic N) is 2. The number of methoxy groups -OCH3 is 1. The Kier molecular flexibility index (Phi) is 6.59. The van der Waals surface area contributed by atoms with Gasteiger partial charge in [0.25, 0.3) is 5.91 Å². The van der Waals surface area contributed by atoms with Gasteiger partial charge in [-0.1, -0.05) is 59.3 Å². The van der Waals surface area contributed by atoms with Crippen LogP contribution in [0.15, 0.2) is 41.5 Å². The van der Waals surface area contributed by atoms with E-state index in [-0.39, 0.29) is 12.5 Å². The van der Waals surface area contributed by atoms with E-state index in [1.807, 2.05) is 6.07 Å². The van der Waals surface area contributed by atoms with Gasteiger partial charge in [-0.3, -0.25) is 4.79 Å². The number of hydrazone groups is 1. The van der Waals surface area contributed by atoms with Gasteiger partial charge in [-0.2, -0.15) is 10.1 Å². The molecule has 1 fully saturated rings. The van der Waals surface area contributed by atoms with Crippen LogP contribution in [0, 0.1) is 0 Å². The van der Waals surface area contributed by atoms with Gasteiger partial charge >= 0.3 is 0 Å². The molecule has 0 aromatic heterocycles. The van der Waals surface area contributed by atoms with Crippen LogP contribution in [-0.4, -0.2) is 34.3 Å². The third kappa shape index (κ3) is 4.73. The van der Waals surface area contributed by atoms with Crippen molar-refractivity contribution in [1.29, 1.82) is 0 Å². The van der Waals surface area contributed by atoms with Crippen molar-refractivity contribution in [2.24, 2.45) is 5.10 Å². The van der Waals surface area contributed by atoms with Crippen LogP contribution in [0.1, 0.15) is 11.1 Å². The third-order valence-corrected chi connectivity index (χ3v) is 5.58. The molecule has 1 heterocycles. The van der Waals surface area contributed by atoms with Crippen LogP contribution in [0.4, 0.5) is 0 Å². The molecule has 0 atom stereocenters.